The Labute approximate surface area is 132 Å². The maximum Gasteiger partial charge on any atom is 0.232 e. The van der Waals surface area contributed by atoms with Crippen LogP contribution >= 0.6 is 11.3 Å². The summed E-state index contributed by atoms with van der Waals surface area (Å²) in [6.07, 6.45) is 7.97. The average molecular weight is 312 g/mol. The second-order valence-corrected chi connectivity index (χ2v) is 6.37. The number of pyridine rings is 1. The summed E-state index contributed by atoms with van der Waals surface area (Å²) in [5.41, 5.74) is 0. The van der Waals surface area contributed by atoms with Gasteiger partial charge in [-0.1, -0.05) is 0 Å². The third-order valence-corrected chi connectivity index (χ3v) is 4.83. The van der Waals surface area contributed by atoms with Crippen molar-refractivity contribution in [2.75, 3.05) is 24.6 Å². The first-order valence-corrected chi connectivity index (χ1v) is 8.24. The maximum atomic E-state index is 5.73. The van der Waals surface area contributed by atoms with Crippen LogP contribution in [0.15, 0.2) is 42.3 Å². The molecule has 0 aromatic carbocycles. The first-order valence-electron chi connectivity index (χ1n) is 7.36. The Morgan fingerprint density at radius 2 is 2.23 bits per heavy atom. The summed E-state index contributed by atoms with van der Waals surface area (Å²) >= 11 is 1.76. The van der Waals surface area contributed by atoms with Crippen LogP contribution in [0.25, 0.3) is 10.1 Å². The number of fused-ring (bicyclic) bond motifs is 1. The minimum absolute atomic E-state index is 0.498. The van der Waals surface area contributed by atoms with Gasteiger partial charge in [0.25, 0.3) is 0 Å². The highest BCUT2D eigenvalue weighted by Gasteiger charge is 2.25. The zero-order valence-electron chi connectivity index (χ0n) is 12.1. The third kappa shape index (κ3) is 2.62. The van der Waals surface area contributed by atoms with E-state index in [1.54, 1.807) is 29.9 Å². The highest BCUT2D eigenvalue weighted by Crippen LogP contribution is 2.31. The molecule has 6 heteroatoms. The van der Waals surface area contributed by atoms with E-state index in [9.17, 15) is 0 Å². The molecule has 0 radical (unpaired) electrons. The van der Waals surface area contributed by atoms with Crippen LogP contribution in [0.5, 0.6) is 5.88 Å². The fourth-order valence-corrected chi connectivity index (χ4v) is 3.63. The molecule has 1 fully saturated rings. The number of rotatable bonds is 4. The van der Waals surface area contributed by atoms with Crippen LogP contribution in [0.1, 0.15) is 6.42 Å². The first kappa shape index (κ1) is 13.5. The number of thiophene rings is 1. The lowest BCUT2D eigenvalue weighted by molar-refractivity contribution is 0.251. The molecule has 4 heterocycles. The van der Waals surface area contributed by atoms with Crippen LogP contribution in [-0.4, -0.2) is 34.6 Å². The van der Waals surface area contributed by atoms with Crippen molar-refractivity contribution in [3.05, 3.63) is 42.3 Å². The minimum atomic E-state index is 0.498. The van der Waals surface area contributed by atoms with Gasteiger partial charge in [-0.3, -0.25) is 4.98 Å². The Kier molecular flexibility index (Phi) is 3.60. The molecule has 0 N–H and O–H groups in total. The molecule has 1 saturated heterocycles. The Hall–Kier alpha value is -2.21. The molecule has 3 aromatic heterocycles. The number of hydrogen-bond acceptors (Lipinski definition) is 6. The molecule has 0 bridgehead atoms. The quantitative estimate of drug-likeness (QED) is 0.741. The van der Waals surface area contributed by atoms with Gasteiger partial charge in [-0.25, -0.2) is 9.97 Å². The zero-order valence-corrected chi connectivity index (χ0v) is 12.9. The van der Waals surface area contributed by atoms with Crippen molar-refractivity contribution in [2.24, 2.45) is 5.92 Å². The van der Waals surface area contributed by atoms with Crippen molar-refractivity contribution in [1.29, 1.82) is 0 Å². The lowest BCUT2D eigenvalue weighted by atomic mass is 10.1. The Balaban J connectivity index is 1.43. The van der Waals surface area contributed by atoms with E-state index in [4.69, 9.17) is 4.74 Å². The molecule has 4 rings (SSSR count). The van der Waals surface area contributed by atoms with Crippen molar-refractivity contribution in [3.63, 3.8) is 0 Å². The predicted octanol–water partition coefficient (Wildman–Crippen LogP) is 2.99. The van der Waals surface area contributed by atoms with E-state index in [-0.39, 0.29) is 0 Å². The normalized spacial score (nSPS) is 18.0. The molecule has 0 amide bonds. The summed E-state index contributed by atoms with van der Waals surface area (Å²) in [6, 6.07) is 4.24. The monoisotopic (exact) mass is 312 g/mol. The fourth-order valence-electron chi connectivity index (χ4n) is 2.86. The van der Waals surface area contributed by atoms with Gasteiger partial charge in [0.05, 0.1) is 12.8 Å². The SMILES string of the molecule is c1cnc(OCC2CCN(c3nccc4sccc34)C2)cn1. The van der Waals surface area contributed by atoms with E-state index >= 15 is 0 Å². The largest absolute Gasteiger partial charge is 0.476 e. The molecule has 1 unspecified atom stereocenters. The number of anilines is 1. The standard InChI is InChI=1S/C16H16N4OS/c1-4-19-16(13-3-8-22-14(1)13)20-7-2-12(10-20)11-21-15-9-17-5-6-18-15/h1,3-6,8-9,12H,2,7,10-11H2. The smallest absolute Gasteiger partial charge is 0.232 e. The van der Waals surface area contributed by atoms with Crippen LogP contribution in [0.2, 0.25) is 0 Å². The highest BCUT2D eigenvalue weighted by molar-refractivity contribution is 7.17. The van der Waals surface area contributed by atoms with Crippen molar-refractivity contribution >= 4 is 27.2 Å². The topological polar surface area (TPSA) is 51.1 Å². The van der Waals surface area contributed by atoms with Gasteiger partial charge < -0.3 is 9.64 Å². The third-order valence-electron chi connectivity index (χ3n) is 3.95. The summed E-state index contributed by atoms with van der Waals surface area (Å²) < 4.78 is 7.02. The maximum absolute atomic E-state index is 5.73. The number of hydrogen-bond donors (Lipinski definition) is 0. The van der Waals surface area contributed by atoms with Crippen LogP contribution in [-0.2, 0) is 0 Å². The summed E-state index contributed by atoms with van der Waals surface area (Å²) in [5, 5.41) is 3.38. The van der Waals surface area contributed by atoms with E-state index in [2.05, 4.69) is 37.4 Å². The molecule has 22 heavy (non-hydrogen) atoms. The second-order valence-electron chi connectivity index (χ2n) is 5.42. The van der Waals surface area contributed by atoms with Crippen molar-refractivity contribution < 1.29 is 4.74 Å². The summed E-state index contributed by atoms with van der Waals surface area (Å²) in [4.78, 5) is 15.1. The minimum Gasteiger partial charge on any atom is -0.476 e. The van der Waals surface area contributed by atoms with E-state index in [0.29, 0.717) is 18.4 Å². The second kappa shape index (κ2) is 5.88. The Morgan fingerprint density at radius 1 is 1.23 bits per heavy atom. The molecule has 3 aromatic rings. The van der Waals surface area contributed by atoms with Gasteiger partial charge in [0.1, 0.15) is 5.82 Å². The molecule has 1 atom stereocenters. The molecule has 0 spiro atoms. The lowest BCUT2D eigenvalue weighted by Crippen LogP contribution is -2.23. The van der Waals surface area contributed by atoms with Crippen LogP contribution < -0.4 is 9.64 Å². The lowest BCUT2D eigenvalue weighted by Gasteiger charge is -2.18. The fraction of sp³-hybridized carbons (Fsp3) is 0.312. The van der Waals surface area contributed by atoms with Crippen molar-refractivity contribution in [2.45, 2.75) is 6.42 Å². The number of ether oxygens (including phenoxy) is 1. The number of aromatic nitrogens is 3. The molecule has 5 nitrogen and oxygen atoms in total. The molecule has 0 aliphatic carbocycles. The van der Waals surface area contributed by atoms with Crippen molar-refractivity contribution in [1.82, 2.24) is 15.0 Å². The van der Waals surface area contributed by atoms with E-state index in [0.717, 1.165) is 25.3 Å². The molecule has 112 valence electrons. The van der Waals surface area contributed by atoms with Gasteiger partial charge >= 0.3 is 0 Å². The van der Waals surface area contributed by atoms with Gasteiger partial charge in [0.15, 0.2) is 0 Å². The molecule has 1 aliphatic rings. The predicted molar refractivity (Wildman–Crippen MR) is 87.5 cm³/mol. The summed E-state index contributed by atoms with van der Waals surface area (Å²) in [7, 11) is 0. The van der Waals surface area contributed by atoms with Crippen LogP contribution in [0, 0.1) is 5.92 Å². The van der Waals surface area contributed by atoms with Gasteiger partial charge in [-0.2, -0.15) is 0 Å². The molecule has 1 aliphatic heterocycles. The summed E-state index contributed by atoms with van der Waals surface area (Å²) in [6.45, 7) is 2.67. The molecular formula is C16H16N4OS. The van der Waals surface area contributed by atoms with E-state index < -0.39 is 0 Å². The van der Waals surface area contributed by atoms with Gasteiger partial charge in [0.2, 0.25) is 5.88 Å². The average Bonchev–Trinajstić information content (AvgIpc) is 3.22. The van der Waals surface area contributed by atoms with Crippen LogP contribution in [0.4, 0.5) is 5.82 Å². The highest BCUT2D eigenvalue weighted by atomic mass is 32.1. The van der Waals surface area contributed by atoms with Gasteiger partial charge in [-0.15, -0.1) is 11.3 Å². The first-order chi connectivity index (χ1) is 10.9. The van der Waals surface area contributed by atoms with Gasteiger partial charge in [-0.05, 0) is 23.9 Å². The number of nitrogens with zero attached hydrogens (tertiary/aromatic N) is 4. The van der Waals surface area contributed by atoms with E-state index in [1.807, 2.05) is 6.20 Å². The molecular weight excluding hydrogens is 296 g/mol. The van der Waals surface area contributed by atoms with Crippen molar-refractivity contribution in [3.8, 4) is 5.88 Å². The zero-order chi connectivity index (χ0) is 14.8. The van der Waals surface area contributed by atoms with Gasteiger partial charge in [0, 0.05) is 47.7 Å². The van der Waals surface area contributed by atoms with Crippen LogP contribution in [0.3, 0.4) is 0 Å². The summed E-state index contributed by atoms with van der Waals surface area (Å²) in [5.74, 6) is 2.19. The molecule has 0 saturated carbocycles. The van der Waals surface area contributed by atoms with E-state index in [1.165, 1.54) is 10.1 Å². The Bertz CT molecular complexity index is 761. The Morgan fingerprint density at radius 3 is 3.14 bits per heavy atom.